The second kappa shape index (κ2) is 4.62. The highest BCUT2D eigenvalue weighted by Crippen LogP contribution is 2.18. The van der Waals surface area contributed by atoms with Crippen molar-refractivity contribution in [3.8, 4) is 11.3 Å². The molecule has 2 rings (SSSR count). The predicted octanol–water partition coefficient (Wildman–Crippen LogP) is 0.712. The summed E-state index contributed by atoms with van der Waals surface area (Å²) in [6, 6.07) is 8.77. The molecule has 0 fully saturated rings. The van der Waals surface area contributed by atoms with Crippen LogP contribution in [-0.2, 0) is 0 Å². The molecular weight excluding hydrogens is 228 g/mol. The first-order valence-corrected chi connectivity index (χ1v) is 5.19. The summed E-state index contributed by atoms with van der Waals surface area (Å²) in [7, 11) is 0. The fourth-order valence-electron chi connectivity index (χ4n) is 1.51. The Bertz CT molecular complexity index is 564. The quantitative estimate of drug-likeness (QED) is 0.465. The van der Waals surface area contributed by atoms with Crippen molar-refractivity contribution in [3.05, 3.63) is 47.9 Å². The topological polar surface area (TPSA) is 126 Å². The molecule has 0 aliphatic rings. The summed E-state index contributed by atoms with van der Waals surface area (Å²) in [5, 5.41) is 14.7. The largest absolute Gasteiger partial charge is 0.384 e. The molecular formula is C12H12N6. The summed E-state index contributed by atoms with van der Waals surface area (Å²) in [5.41, 5.74) is 13.2. The maximum atomic E-state index is 7.40. The van der Waals surface area contributed by atoms with Crippen molar-refractivity contribution in [3.63, 3.8) is 0 Å². The first-order valence-electron chi connectivity index (χ1n) is 5.19. The smallest absolute Gasteiger partial charge is 0.141 e. The lowest BCUT2D eigenvalue weighted by molar-refractivity contribution is 1.14. The third-order valence-corrected chi connectivity index (χ3v) is 2.41. The van der Waals surface area contributed by atoms with Gasteiger partial charge in [0.1, 0.15) is 23.7 Å². The summed E-state index contributed by atoms with van der Waals surface area (Å²) in [4.78, 5) is 8.01. The summed E-state index contributed by atoms with van der Waals surface area (Å²) >= 11 is 0. The van der Waals surface area contributed by atoms with Crippen molar-refractivity contribution in [2.75, 3.05) is 0 Å². The van der Waals surface area contributed by atoms with Crippen molar-refractivity contribution >= 4 is 11.7 Å². The van der Waals surface area contributed by atoms with Crippen LogP contribution in [0.15, 0.2) is 36.7 Å². The van der Waals surface area contributed by atoms with E-state index in [-0.39, 0.29) is 11.7 Å². The average Bonchev–Trinajstić information content (AvgIpc) is 2.39. The molecule has 0 bridgehead atoms. The Kier molecular flexibility index (Phi) is 3.01. The minimum absolute atomic E-state index is 0.00213. The van der Waals surface area contributed by atoms with E-state index in [0.717, 1.165) is 5.56 Å². The van der Waals surface area contributed by atoms with E-state index in [1.807, 2.05) is 6.07 Å². The monoisotopic (exact) mass is 240 g/mol. The highest BCUT2D eigenvalue weighted by molar-refractivity contribution is 5.96. The van der Waals surface area contributed by atoms with Crippen LogP contribution in [0.3, 0.4) is 0 Å². The SMILES string of the molecule is N=C(N)c1cccc(-c2cc(C(=N)N)ncn2)c1. The Labute approximate surface area is 104 Å². The van der Waals surface area contributed by atoms with Crippen molar-refractivity contribution in [2.45, 2.75) is 0 Å². The molecule has 1 aromatic carbocycles. The van der Waals surface area contributed by atoms with E-state index in [0.29, 0.717) is 17.0 Å². The van der Waals surface area contributed by atoms with Crippen LogP contribution in [0.5, 0.6) is 0 Å². The molecule has 0 saturated carbocycles. The van der Waals surface area contributed by atoms with Gasteiger partial charge >= 0.3 is 0 Å². The van der Waals surface area contributed by atoms with E-state index in [9.17, 15) is 0 Å². The number of rotatable bonds is 3. The molecule has 0 saturated heterocycles. The third kappa shape index (κ3) is 2.32. The van der Waals surface area contributed by atoms with Crippen LogP contribution in [0.2, 0.25) is 0 Å². The van der Waals surface area contributed by atoms with Crippen LogP contribution in [-0.4, -0.2) is 21.6 Å². The molecule has 0 spiro atoms. The summed E-state index contributed by atoms with van der Waals surface area (Å²) in [6.45, 7) is 0. The van der Waals surface area contributed by atoms with Gasteiger partial charge in [0.05, 0.1) is 5.69 Å². The van der Waals surface area contributed by atoms with Gasteiger partial charge in [0, 0.05) is 11.1 Å². The maximum absolute atomic E-state index is 7.40. The molecule has 2 aromatic rings. The van der Waals surface area contributed by atoms with Crippen molar-refractivity contribution in [1.29, 1.82) is 10.8 Å². The molecule has 0 unspecified atom stereocenters. The van der Waals surface area contributed by atoms with Crippen LogP contribution in [0.25, 0.3) is 11.3 Å². The number of hydrogen-bond donors (Lipinski definition) is 4. The molecule has 1 aromatic heterocycles. The summed E-state index contributed by atoms with van der Waals surface area (Å²) in [6.07, 6.45) is 1.35. The molecule has 6 nitrogen and oxygen atoms in total. The highest BCUT2D eigenvalue weighted by atomic mass is 14.9. The maximum Gasteiger partial charge on any atom is 0.141 e. The molecule has 0 atom stereocenters. The molecule has 0 aliphatic heterocycles. The van der Waals surface area contributed by atoms with E-state index < -0.39 is 0 Å². The van der Waals surface area contributed by atoms with Gasteiger partial charge in [-0.3, -0.25) is 10.8 Å². The van der Waals surface area contributed by atoms with Crippen LogP contribution >= 0.6 is 0 Å². The fraction of sp³-hybridized carbons (Fsp3) is 0. The lowest BCUT2D eigenvalue weighted by atomic mass is 10.1. The van der Waals surface area contributed by atoms with Gasteiger partial charge in [-0.05, 0) is 12.1 Å². The molecule has 0 radical (unpaired) electrons. The van der Waals surface area contributed by atoms with E-state index >= 15 is 0 Å². The van der Waals surface area contributed by atoms with Crippen LogP contribution in [0.1, 0.15) is 11.3 Å². The standard InChI is InChI=1S/C12H12N6/c13-11(14)8-3-1-2-7(4-8)9-5-10(12(15)16)18-6-17-9/h1-6H,(H3,13,14)(H3,15,16). The Morgan fingerprint density at radius 1 is 1.00 bits per heavy atom. The number of amidine groups is 2. The lowest BCUT2D eigenvalue weighted by Gasteiger charge is -2.04. The lowest BCUT2D eigenvalue weighted by Crippen LogP contribution is -2.13. The Morgan fingerprint density at radius 3 is 2.44 bits per heavy atom. The van der Waals surface area contributed by atoms with Gasteiger partial charge in [0.25, 0.3) is 0 Å². The number of hydrogen-bond acceptors (Lipinski definition) is 4. The zero-order valence-corrected chi connectivity index (χ0v) is 9.51. The molecule has 1 heterocycles. The van der Waals surface area contributed by atoms with Gasteiger partial charge in [0.2, 0.25) is 0 Å². The van der Waals surface area contributed by atoms with Gasteiger partial charge in [-0.25, -0.2) is 9.97 Å². The minimum Gasteiger partial charge on any atom is -0.384 e. The number of nitrogens with one attached hydrogen (secondary N) is 2. The predicted molar refractivity (Wildman–Crippen MR) is 69.5 cm³/mol. The normalized spacial score (nSPS) is 10.0. The Hall–Kier alpha value is -2.76. The second-order valence-corrected chi connectivity index (χ2v) is 3.70. The van der Waals surface area contributed by atoms with Crippen molar-refractivity contribution in [2.24, 2.45) is 11.5 Å². The van der Waals surface area contributed by atoms with Crippen LogP contribution in [0.4, 0.5) is 0 Å². The highest BCUT2D eigenvalue weighted by Gasteiger charge is 2.05. The fourth-order valence-corrected chi connectivity index (χ4v) is 1.51. The zero-order chi connectivity index (χ0) is 13.1. The zero-order valence-electron chi connectivity index (χ0n) is 9.51. The number of nitrogens with two attached hydrogens (primary N) is 2. The van der Waals surface area contributed by atoms with Crippen LogP contribution < -0.4 is 11.5 Å². The van der Waals surface area contributed by atoms with Gasteiger partial charge in [0.15, 0.2) is 0 Å². The Morgan fingerprint density at radius 2 is 1.78 bits per heavy atom. The number of nitrogens with zero attached hydrogens (tertiary/aromatic N) is 2. The van der Waals surface area contributed by atoms with Crippen molar-refractivity contribution < 1.29 is 0 Å². The number of aromatic nitrogens is 2. The van der Waals surface area contributed by atoms with Crippen LogP contribution in [0, 0.1) is 10.8 Å². The van der Waals surface area contributed by atoms with Gasteiger partial charge in [-0.1, -0.05) is 18.2 Å². The molecule has 18 heavy (non-hydrogen) atoms. The van der Waals surface area contributed by atoms with E-state index in [1.54, 1.807) is 24.3 Å². The third-order valence-electron chi connectivity index (χ3n) is 2.41. The molecule has 0 amide bonds. The van der Waals surface area contributed by atoms with Crippen molar-refractivity contribution in [1.82, 2.24) is 9.97 Å². The summed E-state index contributed by atoms with van der Waals surface area (Å²) in [5.74, 6) is -0.112. The first-order chi connectivity index (χ1) is 8.58. The minimum atomic E-state index is -0.110. The van der Waals surface area contributed by atoms with Gasteiger partial charge in [-0.2, -0.15) is 0 Å². The number of benzene rings is 1. The summed E-state index contributed by atoms with van der Waals surface area (Å²) < 4.78 is 0. The molecule has 90 valence electrons. The number of nitrogen functional groups attached to an aromatic ring is 2. The van der Waals surface area contributed by atoms with Gasteiger partial charge < -0.3 is 11.5 Å². The van der Waals surface area contributed by atoms with E-state index in [4.69, 9.17) is 22.3 Å². The molecule has 0 aliphatic carbocycles. The average molecular weight is 240 g/mol. The first kappa shape index (κ1) is 11.7. The Balaban J connectivity index is 2.48. The van der Waals surface area contributed by atoms with Gasteiger partial charge in [-0.15, -0.1) is 0 Å². The second-order valence-electron chi connectivity index (χ2n) is 3.70. The van der Waals surface area contributed by atoms with E-state index in [2.05, 4.69) is 9.97 Å². The molecule has 6 N–H and O–H groups in total. The molecule has 6 heteroatoms. The van der Waals surface area contributed by atoms with E-state index in [1.165, 1.54) is 6.33 Å².